The molecular formula is C13H24F3N3O. The van der Waals surface area contributed by atoms with Crippen LogP contribution in [0.2, 0.25) is 0 Å². The molecule has 1 fully saturated rings. The van der Waals surface area contributed by atoms with Gasteiger partial charge in [0.2, 0.25) is 5.91 Å². The fourth-order valence-electron chi connectivity index (χ4n) is 2.53. The summed E-state index contributed by atoms with van der Waals surface area (Å²) in [6, 6.07) is 0. The standard InChI is InChI=1S/C13H24F3N3O/c1-9(2)11(5-17)12(20)18-6-10-3-4-19(7-10)8-13(14,15)16/h9-11H,3-8,17H2,1-2H3,(H,18,20). The van der Waals surface area contributed by atoms with Gasteiger partial charge in [-0.3, -0.25) is 9.69 Å². The van der Waals surface area contributed by atoms with Crippen molar-refractivity contribution in [3.05, 3.63) is 0 Å². The van der Waals surface area contributed by atoms with Crippen molar-refractivity contribution in [3.63, 3.8) is 0 Å². The second-order valence-electron chi connectivity index (χ2n) is 5.84. The normalized spacial score (nSPS) is 22.2. The molecule has 0 aromatic heterocycles. The maximum absolute atomic E-state index is 12.3. The van der Waals surface area contributed by atoms with Crippen LogP contribution in [0.3, 0.4) is 0 Å². The minimum Gasteiger partial charge on any atom is -0.355 e. The molecule has 0 spiro atoms. The van der Waals surface area contributed by atoms with E-state index < -0.39 is 12.7 Å². The smallest absolute Gasteiger partial charge is 0.355 e. The Kier molecular flexibility index (Phi) is 6.26. The van der Waals surface area contributed by atoms with Gasteiger partial charge in [-0.25, -0.2) is 0 Å². The van der Waals surface area contributed by atoms with Gasteiger partial charge in [0.25, 0.3) is 0 Å². The monoisotopic (exact) mass is 295 g/mol. The number of hydrogen-bond acceptors (Lipinski definition) is 3. The molecule has 118 valence electrons. The molecule has 20 heavy (non-hydrogen) atoms. The predicted octanol–water partition coefficient (Wildman–Crippen LogP) is 1.22. The molecule has 7 heteroatoms. The highest BCUT2D eigenvalue weighted by atomic mass is 19.4. The minimum absolute atomic E-state index is 0.0897. The van der Waals surface area contributed by atoms with Crippen molar-refractivity contribution >= 4 is 5.91 Å². The van der Waals surface area contributed by atoms with E-state index in [1.807, 2.05) is 13.8 Å². The zero-order valence-corrected chi connectivity index (χ0v) is 12.0. The Labute approximate surface area is 117 Å². The maximum Gasteiger partial charge on any atom is 0.401 e. The molecule has 0 aromatic rings. The van der Waals surface area contributed by atoms with Crippen LogP contribution in [0.5, 0.6) is 0 Å². The average molecular weight is 295 g/mol. The van der Waals surface area contributed by atoms with Gasteiger partial charge in [0, 0.05) is 19.6 Å². The number of nitrogens with two attached hydrogens (primary N) is 1. The maximum atomic E-state index is 12.3. The third-order valence-electron chi connectivity index (χ3n) is 3.73. The van der Waals surface area contributed by atoms with Gasteiger partial charge in [0.15, 0.2) is 0 Å². The fourth-order valence-corrected chi connectivity index (χ4v) is 2.53. The fraction of sp³-hybridized carbons (Fsp3) is 0.923. The van der Waals surface area contributed by atoms with E-state index in [-0.39, 0.29) is 30.2 Å². The number of likely N-dealkylation sites (tertiary alicyclic amines) is 1. The Hall–Kier alpha value is -0.820. The molecule has 1 heterocycles. The second-order valence-corrected chi connectivity index (χ2v) is 5.84. The zero-order chi connectivity index (χ0) is 15.3. The van der Waals surface area contributed by atoms with Crippen molar-refractivity contribution in [3.8, 4) is 0 Å². The van der Waals surface area contributed by atoms with Crippen LogP contribution in [0, 0.1) is 17.8 Å². The quantitative estimate of drug-likeness (QED) is 0.774. The minimum atomic E-state index is -4.15. The van der Waals surface area contributed by atoms with Crippen molar-refractivity contribution < 1.29 is 18.0 Å². The number of halogens is 3. The lowest BCUT2D eigenvalue weighted by Gasteiger charge is -2.20. The third kappa shape index (κ3) is 5.66. The molecule has 0 bridgehead atoms. The van der Waals surface area contributed by atoms with Gasteiger partial charge in [-0.2, -0.15) is 13.2 Å². The van der Waals surface area contributed by atoms with E-state index in [0.717, 1.165) is 0 Å². The molecule has 1 saturated heterocycles. The summed E-state index contributed by atoms with van der Waals surface area (Å²) in [4.78, 5) is 13.3. The number of alkyl halides is 3. The van der Waals surface area contributed by atoms with E-state index >= 15 is 0 Å². The molecule has 0 aliphatic carbocycles. The van der Waals surface area contributed by atoms with Gasteiger partial charge in [-0.05, 0) is 24.8 Å². The Morgan fingerprint density at radius 2 is 2.10 bits per heavy atom. The Bertz CT molecular complexity index is 320. The largest absolute Gasteiger partial charge is 0.401 e. The highest BCUT2D eigenvalue weighted by molar-refractivity contribution is 5.79. The van der Waals surface area contributed by atoms with Gasteiger partial charge >= 0.3 is 6.18 Å². The molecule has 0 radical (unpaired) electrons. The summed E-state index contributed by atoms with van der Waals surface area (Å²) in [6.45, 7) is 4.52. The van der Waals surface area contributed by atoms with E-state index in [0.29, 0.717) is 26.1 Å². The van der Waals surface area contributed by atoms with Gasteiger partial charge in [0.1, 0.15) is 0 Å². The number of hydrogen-bond donors (Lipinski definition) is 2. The van der Waals surface area contributed by atoms with Crippen molar-refractivity contribution in [1.82, 2.24) is 10.2 Å². The van der Waals surface area contributed by atoms with Crippen LogP contribution in [0.25, 0.3) is 0 Å². The van der Waals surface area contributed by atoms with Crippen LogP contribution in [0.1, 0.15) is 20.3 Å². The van der Waals surface area contributed by atoms with Crippen LogP contribution >= 0.6 is 0 Å². The first-order valence-corrected chi connectivity index (χ1v) is 6.99. The molecular weight excluding hydrogens is 271 g/mol. The summed E-state index contributed by atoms with van der Waals surface area (Å²) >= 11 is 0. The molecule has 0 saturated carbocycles. The molecule has 1 aliphatic heterocycles. The van der Waals surface area contributed by atoms with Crippen LogP contribution < -0.4 is 11.1 Å². The number of carbonyl (C=O) groups excluding carboxylic acids is 1. The van der Waals surface area contributed by atoms with Crippen molar-refractivity contribution in [2.45, 2.75) is 26.4 Å². The lowest BCUT2D eigenvalue weighted by atomic mass is 9.95. The molecule has 3 N–H and O–H groups in total. The van der Waals surface area contributed by atoms with Crippen molar-refractivity contribution in [2.24, 2.45) is 23.5 Å². The molecule has 1 rings (SSSR count). The Morgan fingerprint density at radius 3 is 2.60 bits per heavy atom. The Morgan fingerprint density at radius 1 is 1.45 bits per heavy atom. The van der Waals surface area contributed by atoms with E-state index in [4.69, 9.17) is 5.73 Å². The first-order valence-electron chi connectivity index (χ1n) is 6.99. The highest BCUT2D eigenvalue weighted by Crippen LogP contribution is 2.22. The van der Waals surface area contributed by atoms with Gasteiger partial charge in [0.05, 0.1) is 12.5 Å². The van der Waals surface area contributed by atoms with E-state index in [1.54, 1.807) is 0 Å². The van der Waals surface area contributed by atoms with Crippen LogP contribution in [-0.2, 0) is 4.79 Å². The lowest BCUT2D eigenvalue weighted by Crippen LogP contribution is -2.40. The zero-order valence-electron chi connectivity index (χ0n) is 12.0. The van der Waals surface area contributed by atoms with E-state index in [1.165, 1.54) is 4.90 Å². The molecule has 1 amide bonds. The predicted molar refractivity (Wildman–Crippen MR) is 71.0 cm³/mol. The highest BCUT2D eigenvalue weighted by Gasteiger charge is 2.34. The summed E-state index contributed by atoms with van der Waals surface area (Å²) in [6.07, 6.45) is -3.47. The lowest BCUT2D eigenvalue weighted by molar-refractivity contribution is -0.143. The summed E-state index contributed by atoms with van der Waals surface area (Å²) in [7, 11) is 0. The van der Waals surface area contributed by atoms with Gasteiger partial charge < -0.3 is 11.1 Å². The van der Waals surface area contributed by atoms with Crippen LogP contribution in [0.15, 0.2) is 0 Å². The number of nitrogens with one attached hydrogen (secondary N) is 1. The number of rotatable bonds is 6. The first kappa shape index (κ1) is 17.2. The topological polar surface area (TPSA) is 58.4 Å². The molecule has 2 unspecified atom stereocenters. The molecule has 4 nitrogen and oxygen atoms in total. The molecule has 2 atom stereocenters. The van der Waals surface area contributed by atoms with Crippen LogP contribution in [-0.4, -0.2) is 49.7 Å². The van der Waals surface area contributed by atoms with Gasteiger partial charge in [-0.1, -0.05) is 13.8 Å². The summed E-state index contributed by atoms with van der Waals surface area (Å²) in [5, 5.41) is 2.81. The Balaban J connectivity index is 2.32. The van der Waals surface area contributed by atoms with Crippen LogP contribution in [0.4, 0.5) is 13.2 Å². The second kappa shape index (κ2) is 7.26. The van der Waals surface area contributed by atoms with Gasteiger partial charge in [-0.15, -0.1) is 0 Å². The SMILES string of the molecule is CC(C)C(CN)C(=O)NCC1CCN(CC(F)(F)F)C1. The summed E-state index contributed by atoms with van der Waals surface area (Å²) in [5.74, 6) is -0.0864. The summed E-state index contributed by atoms with van der Waals surface area (Å²) < 4.78 is 36.8. The number of amides is 1. The van der Waals surface area contributed by atoms with Crippen molar-refractivity contribution in [1.29, 1.82) is 0 Å². The number of carbonyl (C=O) groups is 1. The average Bonchev–Trinajstić information content (AvgIpc) is 2.72. The molecule has 0 aromatic carbocycles. The first-order chi connectivity index (χ1) is 9.23. The third-order valence-corrected chi connectivity index (χ3v) is 3.73. The number of nitrogens with zero attached hydrogens (tertiary/aromatic N) is 1. The van der Waals surface area contributed by atoms with E-state index in [9.17, 15) is 18.0 Å². The summed E-state index contributed by atoms with van der Waals surface area (Å²) in [5.41, 5.74) is 5.56. The van der Waals surface area contributed by atoms with Crippen molar-refractivity contribution in [2.75, 3.05) is 32.7 Å². The van der Waals surface area contributed by atoms with E-state index in [2.05, 4.69) is 5.32 Å². The molecule has 1 aliphatic rings.